The van der Waals surface area contributed by atoms with E-state index in [2.05, 4.69) is 15.4 Å². The standard InChI is InChI=1S/C23H22N4O4/c1-30-16-6-3-13(4-7-16)15-9-17-21(19(29)10-15)22(27-23(26-17)24-12-25-27)14-5-8-18(28)20(11-14)31-2/h3-8,11-12,15,22,28H,9-10H2,1-2H3,(H,24,25,26)/t15-,22+/m1/s1. The first-order valence-corrected chi connectivity index (χ1v) is 10.0. The van der Waals surface area contributed by atoms with Crippen molar-refractivity contribution in [1.29, 1.82) is 0 Å². The van der Waals surface area contributed by atoms with Crippen LogP contribution in [0.25, 0.3) is 0 Å². The Bertz CT molecular complexity index is 1180. The highest BCUT2D eigenvalue weighted by atomic mass is 16.5. The molecule has 1 aromatic heterocycles. The maximum absolute atomic E-state index is 13.4. The first kappa shape index (κ1) is 19.2. The Morgan fingerprint density at radius 3 is 2.58 bits per heavy atom. The number of nitrogens with zero attached hydrogens (tertiary/aromatic N) is 3. The Morgan fingerprint density at radius 1 is 1.06 bits per heavy atom. The molecule has 2 N–H and O–H groups in total. The lowest BCUT2D eigenvalue weighted by molar-refractivity contribution is -0.116. The Labute approximate surface area is 179 Å². The van der Waals surface area contributed by atoms with Crippen LogP contribution in [0.3, 0.4) is 0 Å². The zero-order valence-electron chi connectivity index (χ0n) is 17.2. The molecule has 0 amide bonds. The molecule has 1 aliphatic heterocycles. The zero-order chi connectivity index (χ0) is 21.5. The van der Waals surface area contributed by atoms with Crippen molar-refractivity contribution in [1.82, 2.24) is 14.8 Å². The largest absolute Gasteiger partial charge is 0.504 e. The first-order chi connectivity index (χ1) is 15.1. The number of rotatable bonds is 4. The Balaban J connectivity index is 1.57. The molecular formula is C23H22N4O4. The van der Waals surface area contributed by atoms with Crippen molar-refractivity contribution in [2.24, 2.45) is 0 Å². The number of ketones is 1. The Morgan fingerprint density at radius 2 is 1.84 bits per heavy atom. The number of ether oxygens (including phenoxy) is 2. The minimum Gasteiger partial charge on any atom is -0.504 e. The predicted molar refractivity (Wildman–Crippen MR) is 113 cm³/mol. The zero-order valence-corrected chi connectivity index (χ0v) is 17.2. The number of hydrogen-bond acceptors (Lipinski definition) is 7. The van der Waals surface area contributed by atoms with Crippen molar-refractivity contribution < 1.29 is 19.4 Å². The molecular weight excluding hydrogens is 396 g/mol. The number of hydrogen-bond donors (Lipinski definition) is 2. The van der Waals surface area contributed by atoms with Crippen LogP contribution >= 0.6 is 0 Å². The first-order valence-electron chi connectivity index (χ1n) is 10.0. The SMILES string of the molecule is COc1ccc([C@H]2CC(=O)C3=C(C2)Nc2ncnn2[C@H]3c2ccc(O)c(OC)c2)cc1. The summed E-state index contributed by atoms with van der Waals surface area (Å²) in [5.74, 6) is 1.89. The second-order valence-corrected chi connectivity index (χ2v) is 7.68. The number of aromatic hydroxyl groups is 1. The molecule has 158 valence electrons. The van der Waals surface area contributed by atoms with E-state index in [0.717, 1.165) is 22.6 Å². The number of methoxy groups -OCH3 is 2. The molecule has 0 saturated heterocycles. The van der Waals surface area contributed by atoms with Crippen LogP contribution in [0.1, 0.15) is 35.9 Å². The number of nitrogens with one attached hydrogen (secondary N) is 1. The van der Waals surface area contributed by atoms with Gasteiger partial charge in [0.05, 0.1) is 14.2 Å². The van der Waals surface area contributed by atoms with Crippen LogP contribution < -0.4 is 14.8 Å². The second kappa shape index (κ2) is 7.46. The topological polar surface area (TPSA) is 98.5 Å². The molecule has 8 heteroatoms. The molecule has 0 unspecified atom stereocenters. The van der Waals surface area contributed by atoms with E-state index in [9.17, 15) is 9.90 Å². The van der Waals surface area contributed by atoms with Crippen LogP contribution in [0.2, 0.25) is 0 Å². The van der Waals surface area contributed by atoms with Gasteiger partial charge in [0.2, 0.25) is 5.95 Å². The number of carbonyl (C=O) groups is 1. The fourth-order valence-corrected chi connectivity index (χ4v) is 4.44. The van der Waals surface area contributed by atoms with Gasteiger partial charge in [-0.05, 0) is 47.7 Å². The van der Waals surface area contributed by atoms with Crippen molar-refractivity contribution in [2.75, 3.05) is 19.5 Å². The highest BCUT2D eigenvalue weighted by Gasteiger charge is 2.39. The van der Waals surface area contributed by atoms with Crippen molar-refractivity contribution in [3.8, 4) is 17.2 Å². The summed E-state index contributed by atoms with van der Waals surface area (Å²) in [6, 6.07) is 12.5. The summed E-state index contributed by atoms with van der Waals surface area (Å²) in [6.45, 7) is 0. The number of phenolic OH excluding ortho intramolecular Hbond substituents is 1. The molecule has 0 spiro atoms. The lowest BCUT2D eigenvalue weighted by Gasteiger charge is -2.35. The van der Waals surface area contributed by atoms with E-state index in [-0.39, 0.29) is 17.5 Å². The summed E-state index contributed by atoms with van der Waals surface area (Å²) in [6.07, 6.45) is 2.56. The number of benzene rings is 2. The summed E-state index contributed by atoms with van der Waals surface area (Å²) in [7, 11) is 3.13. The molecule has 0 saturated carbocycles. The van der Waals surface area contributed by atoms with E-state index in [1.807, 2.05) is 24.3 Å². The van der Waals surface area contributed by atoms with Crippen molar-refractivity contribution in [2.45, 2.75) is 24.8 Å². The minimum atomic E-state index is -0.437. The van der Waals surface area contributed by atoms with Crippen molar-refractivity contribution in [3.05, 3.63) is 71.2 Å². The van der Waals surface area contributed by atoms with Crippen LogP contribution in [0.15, 0.2) is 60.1 Å². The van der Waals surface area contributed by atoms with Gasteiger partial charge in [-0.15, -0.1) is 0 Å². The molecule has 2 atom stereocenters. The quantitative estimate of drug-likeness (QED) is 0.670. The highest BCUT2D eigenvalue weighted by Crippen LogP contribution is 2.45. The van der Waals surface area contributed by atoms with Crippen LogP contribution in [-0.2, 0) is 4.79 Å². The third-order valence-corrected chi connectivity index (χ3v) is 5.97. The van der Waals surface area contributed by atoms with Gasteiger partial charge in [-0.2, -0.15) is 10.1 Å². The number of aromatic nitrogens is 3. The normalized spacial score (nSPS) is 20.0. The summed E-state index contributed by atoms with van der Waals surface area (Å²) >= 11 is 0. The number of fused-ring (bicyclic) bond motifs is 1. The van der Waals surface area contributed by atoms with Gasteiger partial charge < -0.3 is 19.9 Å². The fraction of sp³-hybridized carbons (Fsp3) is 0.261. The van der Waals surface area contributed by atoms with Gasteiger partial charge in [0, 0.05) is 17.7 Å². The van der Waals surface area contributed by atoms with Crippen molar-refractivity contribution in [3.63, 3.8) is 0 Å². The summed E-state index contributed by atoms with van der Waals surface area (Å²) < 4.78 is 12.2. The van der Waals surface area contributed by atoms with Crippen LogP contribution in [0.5, 0.6) is 17.2 Å². The highest BCUT2D eigenvalue weighted by molar-refractivity contribution is 6.00. The van der Waals surface area contributed by atoms with Crippen molar-refractivity contribution >= 4 is 11.7 Å². The Hall–Kier alpha value is -3.81. The molecule has 2 heterocycles. The molecule has 31 heavy (non-hydrogen) atoms. The van der Waals surface area contributed by atoms with E-state index < -0.39 is 6.04 Å². The molecule has 2 aromatic carbocycles. The van der Waals surface area contributed by atoms with Crippen LogP contribution in [0.4, 0.5) is 5.95 Å². The smallest absolute Gasteiger partial charge is 0.226 e. The summed E-state index contributed by atoms with van der Waals surface area (Å²) in [5.41, 5.74) is 3.43. The molecule has 5 rings (SSSR count). The number of allylic oxidation sites excluding steroid dienone is 2. The van der Waals surface area contributed by atoms with Gasteiger partial charge in [0.25, 0.3) is 0 Å². The van der Waals surface area contributed by atoms with E-state index in [1.54, 1.807) is 30.0 Å². The molecule has 1 aliphatic carbocycles. The molecule has 0 fully saturated rings. The maximum Gasteiger partial charge on any atom is 0.226 e. The van der Waals surface area contributed by atoms with E-state index in [4.69, 9.17) is 9.47 Å². The second-order valence-electron chi connectivity index (χ2n) is 7.68. The monoisotopic (exact) mass is 418 g/mol. The molecule has 2 aliphatic rings. The average molecular weight is 418 g/mol. The summed E-state index contributed by atoms with van der Waals surface area (Å²) in [4.78, 5) is 17.7. The average Bonchev–Trinajstić information content (AvgIpc) is 3.26. The predicted octanol–water partition coefficient (Wildman–Crippen LogP) is 3.42. The van der Waals surface area contributed by atoms with Gasteiger partial charge in [0.1, 0.15) is 18.1 Å². The molecule has 3 aromatic rings. The minimum absolute atomic E-state index is 0.0442. The maximum atomic E-state index is 13.4. The number of anilines is 1. The van der Waals surface area contributed by atoms with Gasteiger partial charge in [-0.3, -0.25) is 4.79 Å². The summed E-state index contributed by atoms with van der Waals surface area (Å²) in [5, 5.41) is 17.7. The molecule has 0 radical (unpaired) electrons. The number of phenols is 1. The van der Waals surface area contributed by atoms with E-state index in [0.29, 0.717) is 30.1 Å². The fourth-order valence-electron chi connectivity index (χ4n) is 4.44. The lowest BCUT2D eigenvalue weighted by atomic mass is 9.78. The van der Waals surface area contributed by atoms with Gasteiger partial charge >= 0.3 is 0 Å². The number of Topliss-reactive ketones (excluding diaryl/α,β-unsaturated/α-hetero) is 1. The number of carbonyl (C=O) groups excluding carboxylic acids is 1. The van der Waals surface area contributed by atoms with Gasteiger partial charge in [0.15, 0.2) is 17.3 Å². The van der Waals surface area contributed by atoms with E-state index >= 15 is 0 Å². The van der Waals surface area contributed by atoms with Gasteiger partial charge in [-0.1, -0.05) is 18.2 Å². The lowest BCUT2D eigenvalue weighted by Crippen LogP contribution is -2.33. The molecule has 0 bridgehead atoms. The van der Waals surface area contributed by atoms with Gasteiger partial charge in [-0.25, -0.2) is 4.68 Å². The molecule has 8 nitrogen and oxygen atoms in total. The Kier molecular flexibility index (Phi) is 4.62. The third kappa shape index (κ3) is 3.20. The van der Waals surface area contributed by atoms with E-state index in [1.165, 1.54) is 13.4 Å². The van der Waals surface area contributed by atoms with Crippen LogP contribution in [-0.4, -0.2) is 39.9 Å². The third-order valence-electron chi connectivity index (χ3n) is 5.97. The van der Waals surface area contributed by atoms with Crippen LogP contribution in [0, 0.1) is 0 Å².